The summed E-state index contributed by atoms with van der Waals surface area (Å²) in [6.07, 6.45) is -1.04. The van der Waals surface area contributed by atoms with Gasteiger partial charge in [0.05, 0.1) is 0 Å². The van der Waals surface area contributed by atoms with Crippen molar-refractivity contribution in [3.8, 4) is 0 Å². The Bertz CT molecular complexity index is 1070. The number of halogens is 3. The van der Waals surface area contributed by atoms with Crippen molar-refractivity contribution in [2.75, 3.05) is 0 Å². The smallest absolute Gasteiger partial charge is 0.280 e. The molecule has 0 aliphatic carbocycles. The van der Waals surface area contributed by atoms with Crippen molar-refractivity contribution in [2.24, 2.45) is 10.7 Å². The molecule has 136 valence electrons. The van der Waals surface area contributed by atoms with Gasteiger partial charge >= 0.3 is 0 Å². The number of aliphatic imine (C=N–C) groups is 1. The number of benzene rings is 1. The molecule has 0 radical (unpaired) electrons. The Morgan fingerprint density at radius 1 is 1.07 bits per heavy atom. The number of aryl methyl sites for hydroxylation is 1. The molecule has 4 nitrogen and oxygen atoms in total. The second-order valence-electron chi connectivity index (χ2n) is 6.34. The van der Waals surface area contributed by atoms with Gasteiger partial charge in [-0.25, -0.2) is 13.8 Å². The van der Waals surface area contributed by atoms with E-state index in [1.165, 1.54) is 6.07 Å². The summed E-state index contributed by atoms with van der Waals surface area (Å²) >= 11 is 3.49. The zero-order chi connectivity index (χ0) is 19.2. The molecule has 0 amide bonds. The third-order valence-corrected chi connectivity index (χ3v) is 5.08. The van der Waals surface area contributed by atoms with Crippen LogP contribution in [0.3, 0.4) is 0 Å². The van der Waals surface area contributed by atoms with Crippen molar-refractivity contribution < 1.29 is 8.78 Å². The predicted molar refractivity (Wildman–Crippen MR) is 103 cm³/mol. The van der Waals surface area contributed by atoms with E-state index in [9.17, 15) is 8.78 Å². The Hall–Kier alpha value is -2.67. The molecule has 0 saturated carbocycles. The lowest BCUT2D eigenvalue weighted by atomic mass is 9.78. The van der Waals surface area contributed by atoms with E-state index in [-0.39, 0.29) is 11.5 Å². The molecular formula is C20H15BrF2N4. The molecule has 4 rings (SSSR count). The van der Waals surface area contributed by atoms with Gasteiger partial charge in [-0.3, -0.25) is 9.97 Å². The van der Waals surface area contributed by atoms with Gasteiger partial charge in [0.2, 0.25) is 0 Å². The summed E-state index contributed by atoms with van der Waals surface area (Å²) in [4.78, 5) is 13.1. The van der Waals surface area contributed by atoms with Crippen LogP contribution < -0.4 is 5.73 Å². The molecule has 7 heteroatoms. The first-order chi connectivity index (χ1) is 12.9. The van der Waals surface area contributed by atoms with Crippen LogP contribution in [0.5, 0.6) is 0 Å². The summed E-state index contributed by atoms with van der Waals surface area (Å²) in [7, 11) is 0. The van der Waals surface area contributed by atoms with Crippen molar-refractivity contribution in [3.63, 3.8) is 0 Å². The minimum absolute atomic E-state index is 0.277. The zero-order valence-electron chi connectivity index (χ0n) is 14.3. The third kappa shape index (κ3) is 2.82. The topological polar surface area (TPSA) is 64.2 Å². The van der Waals surface area contributed by atoms with Crippen LogP contribution >= 0.6 is 15.9 Å². The molecule has 0 spiro atoms. The maximum absolute atomic E-state index is 13.4. The van der Waals surface area contributed by atoms with Gasteiger partial charge in [0.1, 0.15) is 22.8 Å². The first-order valence-electron chi connectivity index (χ1n) is 8.26. The average Bonchev–Trinajstić information content (AvgIpc) is 2.95. The van der Waals surface area contributed by atoms with Crippen LogP contribution in [0.4, 0.5) is 8.78 Å². The number of nitrogens with two attached hydrogens (primary N) is 1. The Morgan fingerprint density at radius 3 is 2.63 bits per heavy atom. The molecule has 1 unspecified atom stereocenters. The molecule has 1 aliphatic rings. The average molecular weight is 429 g/mol. The molecule has 3 heterocycles. The first-order valence-corrected chi connectivity index (χ1v) is 9.05. The van der Waals surface area contributed by atoms with Crippen LogP contribution in [0.2, 0.25) is 0 Å². The standard InChI is InChI=1S/C20H15BrF2N4/c1-11-8-13(10-16(26-11)18(22)23)20(12-4-2-5-14(21)9-12)15-6-3-7-25-17(15)19(24)27-20/h2-10,18H,1H3,(H2,24,27). The van der Waals surface area contributed by atoms with Crippen LogP contribution in [0, 0.1) is 6.92 Å². The SMILES string of the molecule is Cc1cc(C2(c3cccc(Br)c3)N=C(N)c3ncccc32)cc(C(F)F)n1. The van der Waals surface area contributed by atoms with Gasteiger partial charge in [-0.15, -0.1) is 0 Å². The number of rotatable bonds is 3. The van der Waals surface area contributed by atoms with Crippen LogP contribution in [0.15, 0.2) is 64.2 Å². The molecule has 27 heavy (non-hydrogen) atoms. The molecule has 1 aromatic carbocycles. The molecule has 2 aromatic heterocycles. The van der Waals surface area contributed by atoms with Crippen LogP contribution in [0.1, 0.15) is 40.2 Å². The maximum Gasteiger partial charge on any atom is 0.280 e. The molecule has 2 N–H and O–H groups in total. The fourth-order valence-electron chi connectivity index (χ4n) is 3.53. The normalized spacial score (nSPS) is 18.5. The molecule has 1 atom stereocenters. The number of pyridine rings is 2. The van der Waals surface area contributed by atoms with Crippen molar-refractivity contribution >= 4 is 21.8 Å². The van der Waals surface area contributed by atoms with E-state index in [0.717, 1.165) is 15.6 Å². The largest absolute Gasteiger partial charge is 0.382 e. The fraction of sp³-hybridized carbons (Fsp3) is 0.150. The first kappa shape index (κ1) is 17.7. The predicted octanol–water partition coefficient (Wildman–Crippen LogP) is 4.50. The summed E-state index contributed by atoms with van der Waals surface area (Å²) in [6.45, 7) is 1.69. The van der Waals surface area contributed by atoms with E-state index in [1.807, 2.05) is 30.3 Å². The van der Waals surface area contributed by atoms with E-state index >= 15 is 0 Å². The summed E-state index contributed by atoms with van der Waals surface area (Å²) in [5.74, 6) is 0.277. The van der Waals surface area contributed by atoms with Gasteiger partial charge in [0.15, 0.2) is 0 Å². The Labute approximate surface area is 163 Å². The number of alkyl halides is 2. The van der Waals surface area contributed by atoms with Gasteiger partial charge < -0.3 is 5.73 Å². The number of fused-ring (bicyclic) bond motifs is 1. The van der Waals surface area contributed by atoms with Crippen molar-refractivity contribution in [2.45, 2.75) is 18.9 Å². The second-order valence-corrected chi connectivity index (χ2v) is 7.26. The van der Waals surface area contributed by atoms with E-state index in [4.69, 9.17) is 10.7 Å². The Kier molecular flexibility index (Phi) is 4.26. The zero-order valence-corrected chi connectivity index (χ0v) is 15.9. The van der Waals surface area contributed by atoms with Gasteiger partial charge in [-0.2, -0.15) is 0 Å². The highest BCUT2D eigenvalue weighted by molar-refractivity contribution is 9.10. The number of aromatic nitrogens is 2. The van der Waals surface area contributed by atoms with Gasteiger partial charge in [-0.05, 0) is 48.4 Å². The van der Waals surface area contributed by atoms with Crippen LogP contribution in [0.25, 0.3) is 0 Å². The summed E-state index contributed by atoms with van der Waals surface area (Å²) in [5.41, 5.74) is 8.03. The summed E-state index contributed by atoms with van der Waals surface area (Å²) in [6, 6.07) is 14.4. The van der Waals surface area contributed by atoms with Crippen molar-refractivity contribution in [1.82, 2.24) is 9.97 Å². The monoisotopic (exact) mass is 428 g/mol. The molecule has 1 aliphatic heterocycles. The summed E-state index contributed by atoms with van der Waals surface area (Å²) < 4.78 is 27.7. The van der Waals surface area contributed by atoms with Crippen molar-refractivity contribution in [3.05, 3.63) is 93.0 Å². The highest BCUT2D eigenvalue weighted by Gasteiger charge is 2.44. The Morgan fingerprint density at radius 2 is 1.89 bits per heavy atom. The summed E-state index contributed by atoms with van der Waals surface area (Å²) in [5, 5.41) is 0. The third-order valence-electron chi connectivity index (χ3n) is 4.59. The van der Waals surface area contributed by atoms with Gasteiger partial charge in [0, 0.05) is 21.9 Å². The van der Waals surface area contributed by atoms with E-state index in [2.05, 4.69) is 25.9 Å². The maximum atomic E-state index is 13.4. The Balaban J connectivity index is 2.09. The van der Waals surface area contributed by atoms with Gasteiger partial charge in [-0.1, -0.05) is 34.1 Å². The lowest BCUT2D eigenvalue weighted by molar-refractivity contribution is 0.145. The minimum atomic E-state index is -2.68. The van der Waals surface area contributed by atoms with E-state index < -0.39 is 12.0 Å². The number of hydrogen-bond acceptors (Lipinski definition) is 4. The minimum Gasteiger partial charge on any atom is -0.382 e. The lowest BCUT2D eigenvalue weighted by Gasteiger charge is -2.29. The molecule has 0 fully saturated rings. The molecule has 3 aromatic rings. The number of hydrogen-bond donors (Lipinski definition) is 1. The lowest BCUT2D eigenvalue weighted by Crippen LogP contribution is -2.26. The number of amidine groups is 1. The van der Waals surface area contributed by atoms with Gasteiger partial charge in [0.25, 0.3) is 6.43 Å². The van der Waals surface area contributed by atoms with Crippen molar-refractivity contribution in [1.29, 1.82) is 0 Å². The van der Waals surface area contributed by atoms with Crippen LogP contribution in [-0.2, 0) is 5.54 Å². The molecular weight excluding hydrogens is 414 g/mol. The quantitative estimate of drug-likeness (QED) is 0.667. The highest BCUT2D eigenvalue weighted by Crippen LogP contribution is 2.46. The van der Waals surface area contributed by atoms with Crippen LogP contribution in [-0.4, -0.2) is 15.8 Å². The molecule has 0 saturated heterocycles. The van der Waals surface area contributed by atoms with E-state index in [0.29, 0.717) is 17.0 Å². The molecule has 0 bridgehead atoms. The fourth-order valence-corrected chi connectivity index (χ4v) is 3.93. The second kappa shape index (κ2) is 6.49. The number of nitrogens with zero attached hydrogens (tertiary/aromatic N) is 3. The highest BCUT2D eigenvalue weighted by atomic mass is 79.9. The van der Waals surface area contributed by atoms with E-state index in [1.54, 1.807) is 25.3 Å².